The first-order valence-electron chi connectivity index (χ1n) is 9.34. The largest absolute Gasteiger partial charge is 0.480 e. The van der Waals surface area contributed by atoms with Crippen molar-refractivity contribution in [3.8, 4) is 23.1 Å². The van der Waals surface area contributed by atoms with Crippen LogP contribution in [-0.4, -0.2) is 65.1 Å². The highest BCUT2D eigenvalue weighted by Gasteiger charge is 2.42. The van der Waals surface area contributed by atoms with Gasteiger partial charge in [0.2, 0.25) is 5.88 Å². The van der Waals surface area contributed by atoms with Gasteiger partial charge in [-0.3, -0.25) is 0 Å². The molecule has 1 atom stereocenters. The molecule has 9 heteroatoms. The smallest absolute Gasteiger partial charge is 0.319 e. The van der Waals surface area contributed by atoms with E-state index in [1.54, 1.807) is 24.0 Å². The van der Waals surface area contributed by atoms with Crippen LogP contribution in [0.5, 0.6) is 11.9 Å². The predicted octanol–water partition coefficient (Wildman–Crippen LogP) is 1.82. The highest BCUT2D eigenvalue weighted by Crippen LogP contribution is 2.41. The van der Waals surface area contributed by atoms with Crippen molar-refractivity contribution < 1.29 is 14.2 Å². The number of rotatable bonds is 4. The molecular weight excluding hydrogens is 360 g/mol. The summed E-state index contributed by atoms with van der Waals surface area (Å²) >= 11 is 0. The lowest BCUT2D eigenvalue weighted by molar-refractivity contribution is 0.160. The normalized spacial score (nSPS) is 21.7. The first kappa shape index (κ1) is 17.2. The standard InChI is InChI=1S/C19H22N6O3/c1-26-17-13(10-21-18(22-17)27-2)14-9-15(16-20-5-7-25(16)23-14)24-6-3-19(11-24)4-8-28-12-19/h5,7,9-10H,3-4,6,8,11-12H2,1-2H3. The lowest BCUT2D eigenvalue weighted by atomic mass is 9.87. The van der Waals surface area contributed by atoms with Crippen molar-refractivity contribution in [1.82, 2.24) is 24.6 Å². The van der Waals surface area contributed by atoms with Crippen LogP contribution in [0.15, 0.2) is 24.7 Å². The van der Waals surface area contributed by atoms with Crippen molar-refractivity contribution in [3.63, 3.8) is 0 Å². The number of methoxy groups -OCH3 is 2. The molecule has 5 heterocycles. The molecule has 9 nitrogen and oxygen atoms in total. The Morgan fingerprint density at radius 1 is 1.18 bits per heavy atom. The fraction of sp³-hybridized carbons (Fsp3) is 0.474. The molecule has 2 saturated heterocycles. The number of nitrogens with zero attached hydrogens (tertiary/aromatic N) is 6. The van der Waals surface area contributed by atoms with E-state index in [1.165, 1.54) is 7.11 Å². The van der Waals surface area contributed by atoms with Gasteiger partial charge in [0.25, 0.3) is 0 Å². The quantitative estimate of drug-likeness (QED) is 0.675. The van der Waals surface area contributed by atoms with Crippen molar-refractivity contribution >= 4 is 11.3 Å². The van der Waals surface area contributed by atoms with Gasteiger partial charge in [-0.25, -0.2) is 14.5 Å². The molecule has 3 aromatic rings. The highest BCUT2D eigenvalue weighted by atomic mass is 16.5. The predicted molar refractivity (Wildman–Crippen MR) is 102 cm³/mol. The summed E-state index contributed by atoms with van der Waals surface area (Å²) in [5.74, 6) is 0.423. The molecule has 0 aliphatic carbocycles. The average molecular weight is 382 g/mol. The first-order chi connectivity index (χ1) is 13.7. The van der Waals surface area contributed by atoms with Gasteiger partial charge in [-0.15, -0.1) is 0 Å². The molecule has 5 rings (SSSR count). The second-order valence-electron chi connectivity index (χ2n) is 7.36. The minimum atomic E-state index is 0.257. The van der Waals surface area contributed by atoms with E-state index in [-0.39, 0.29) is 11.4 Å². The monoisotopic (exact) mass is 382 g/mol. The van der Waals surface area contributed by atoms with Gasteiger partial charge < -0.3 is 19.1 Å². The third kappa shape index (κ3) is 2.73. The fourth-order valence-corrected chi connectivity index (χ4v) is 4.16. The van der Waals surface area contributed by atoms with Crippen LogP contribution in [-0.2, 0) is 4.74 Å². The minimum Gasteiger partial charge on any atom is -0.480 e. The maximum atomic E-state index is 5.68. The Morgan fingerprint density at radius 3 is 2.89 bits per heavy atom. The topological polar surface area (TPSA) is 86.9 Å². The Labute approximate surface area is 162 Å². The molecule has 0 amide bonds. The maximum Gasteiger partial charge on any atom is 0.319 e. The van der Waals surface area contributed by atoms with Gasteiger partial charge in [-0.1, -0.05) is 0 Å². The summed E-state index contributed by atoms with van der Waals surface area (Å²) in [5.41, 5.74) is 3.58. The first-order valence-corrected chi connectivity index (χ1v) is 9.34. The zero-order chi connectivity index (χ0) is 19.1. The van der Waals surface area contributed by atoms with Gasteiger partial charge in [-0.2, -0.15) is 10.1 Å². The van der Waals surface area contributed by atoms with Crippen molar-refractivity contribution in [1.29, 1.82) is 0 Å². The van der Waals surface area contributed by atoms with Crippen molar-refractivity contribution in [2.75, 3.05) is 45.4 Å². The van der Waals surface area contributed by atoms with Crippen LogP contribution in [0.3, 0.4) is 0 Å². The molecule has 146 valence electrons. The van der Waals surface area contributed by atoms with Gasteiger partial charge >= 0.3 is 6.01 Å². The van der Waals surface area contributed by atoms with E-state index in [0.717, 1.165) is 56.2 Å². The molecule has 2 aliphatic rings. The van der Waals surface area contributed by atoms with E-state index < -0.39 is 0 Å². The Balaban J connectivity index is 1.59. The summed E-state index contributed by atoms with van der Waals surface area (Å²) in [6, 6.07) is 2.30. The van der Waals surface area contributed by atoms with Gasteiger partial charge in [0.1, 0.15) is 5.69 Å². The number of ether oxygens (including phenoxy) is 3. The van der Waals surface area contributed by atoms with Gasteiger partial charge in [0.15, 0.2) is 5.65 Å². The van der Waals surface area contributed by atoms with E-state index in [0.29, 0.717) is 11.4 Å². The van der Waals surface area contributed by atoms with Gasteiger partial charge in [0, 0.05) is 43.7 Å². The Bertz CT molecular complexity index is 1010. The van der Waals surface area contributed by atoms with Crippen molar-refractivity contribution in [2.45, 2.75) is 12.8 Å². The van der Waals surface area contributed by atoms with Crippen LogP contribution in [0.4, 0.5) is 5.69 Å². The number of imidazole rings is 1. The molecule has 0 saturated carbocycles. The van der Waals surface area contributed by atoms with E-state index >= 15 is 0 Å². The Kier molecular flexibility index (Phi) is 4.04. The molecule has 0 N–H and O–H groups in total. The SMILES string of the molecule is COc1ncc(-c2cc(N3CCC4(CCOC4)C3)c3nccn3n2)c(OC)n1. The lowest BCUT2D eigenvalue weighted by Gasteiger charge is -2.24. The van der Waals surface area contributed by atoms with Crippen LogP contribution < -0.4 is 14.4 Å². The number of aromatic nitrogens is 5. The molecule has 28 heavy (non-hydrogen) atoms. The van der Waals surface area contributed by atoms with E-state index in [9.17, 15) is 0 Å². The zero-order valence-corrected chi connectivity index (χ0v) is 16.0. The third-order valence-corrected chi connectivity index (χ3v) is 5.69. The molecule has 2 aliphatic heterocycles. The number of hydrogen-bond donors (Lipinski definition) is 0. The second-order valence-corrected chi connectivity index (χ2v) is 7.36. The van der Waals surface area contributed by atoms with Gasteiger partial charge in [-0.05, 0) is 18.9 Å². The highest BCUT2D eigenvalue weighted by molar-refractivity contribution is 5.76. The summed E-state index contributed by atoms with van der Waals surface area (Å²) in [7, 11) is 3.10. The molecule has 1 spiro atoms. The zero-order valence-electron chi connectivity index (χ0n) is 16.0. The number of anilines is 1. The van der Waals surface area contributed by atoms with Crippen LogP contribution in [0.1, 0.15) is 12.8 Å². The van der Waals surface area contributed by atoms with Crippen LogP contribution >= 0.6 is 0 Å². The third-order valence-electron chi connectivity index (χ3n) is 5.69. The van der Waals surface area contributed by atoms with E-state index in [1.807, 2.05) is 12.3 Å². The lowest BCUT2D eigenvalue weighted by Crippen LogP contribution is -2.27. The van der Waals surface area contributed by atoms with Crippen LogP contribution in [0.25, 0.3) is 16.9 Å². The maximum absolute atomic E-state index is 5.68. The average Bonchev–Trinajstić information content (AvgIpc) is 3.48. The van der Waals surface area contributed by atoms with Crippen molar-refractivity contribution in [3.05, 3.63) is 24.7 Å². The second kappa shape index (κ2) is 6.59. The number of hydrogen-bond acceptors (Lipinski definition) is 8. The molecule has 1 unspecified atom stereocenters. The van der Waals surface area contributed by atoms with E-state index in [2.05, 4.69) is 19.9 Å². The Hall–Kier alpha value is -2.94. The summed E-state index contributed by atoms with van der Waals surface area (Å²) in [6.45, 7) is 3.64. The van der Waals surface area contributed by atoms with Crippen molar-refractivity contribution in [2.24, 2.45) is 5.41 Å². The molecule has 0 aromatic carbocycles. The Morgan fingerprint density at radius 2 is 2.11 bits per heavy atom. The minimum absolute atomic E-state index is 0.257. The molecular formula is C19H22N6O3. The van der Waals surface area contributed by atoms with Crippen LogP contribution in [0.2, 0.25) is 0 Å². The fourth-order valence-electron chi connectivity index (χ4n) is 4.16. The van der Waals surface area contributed by atoms with E-state index in [4.69, 9.17) is 19.3 Å². The molecule has 2 fully saturated rings. The summed E-state index contributed by atoms with van der Waals surface area (Å²) in [5, 5.41) is 4.69. The summed E-state index contributed by atoms with van der Waals surface area (Å²) < 4.78 is 18.0. The summed E-state index contributed by atoms with van der Waals surface area (Å²) in [6.07, 6.45) is 7.54. The molecule has 3 aromatic heterocycles. The number of fused-ring (bicyclic) bond motifs is 1. The summed E-state index contributed by atoms with van der Waals surface area (Å²) in [4.78, 5) is 15.4. The van der Waals surface area contributed by atoms with Gasteiger partial charge in [0.05, 0.1) is 32.1 Å². The molecule has 0 radical (unpaired) electrons. The van der Waals surface area contributed by atoms with Crippen LogP contribution in [0, 0.1) is 5.41 Å². The molecule has 0 bridgehead atoms.